The SMILES string of the molecule is CC(=O)N1CCC(Nc2ncnc3[nH]ccc23)CC1. The van der Waals surface area contributed by atoms with Crippen LogP contribution < -0.4 is 5.32 Å². The van der Waals surface area contributed by atoms with Gasteiger partial charge in [0.05, 0.1) is 5.39 Å². The monoisotopic (exact) mass is 259 g/mol. The summed E-state index contributed by atoms with van der Waals surface area (Å²) < 4.78 is 0. The minimum Gasteiger partial charge on any atom is -0.367 e. The minimum absolute atomic E-state index is 0.161. The maximum atomic E-state index is 11.3. The lowest BCUT2D eigenvalue weighted by molar-refractivity contribution is -0.129. The lowest BCUT2D eigenvalue weighted by Gasteiger charge is -2.32. The highest BCUT2D eigenvalue weighted by molar-refractivity contribution is 5.86. The number of nitrogens with one attached hydrogen (secondary N) is 2. The quantitative estimate of drug-likeness (QED) is 0.854. The number of aromatic nitrogens is 3. The van der Waals surface area contributed by atoms with Gasteiger partial charge in [0.15, 0.2) is 0 Å². The summed E-state index contributed by atoms with van der Waals surface area (Å²) in [5.74, 6) is 1.03. The second-order valence-electron chi connectivity index (χ2n) is 4.89. The number of amides is 1. The fourth-order valence-corrected chi connectivity index (χ4v) is 2.52. The van der Waals surface area contributed by atoms with E-state index in [1.165, 1.54) is 0 Å². The van der Waals surface area contributed by atoms with Crippen LogP contribution >= 0.6 is 0 Å². The van der Waals surface area contributed by atoms with E-state index in [0.717, 1.165) is 42.8 Å². The van der Waals surface area contributed by atoms with Gasteiger partial charge >= 0.3 is 0 Å². The molecule has 6 heteroatoms. The summed E-state index contributed by atoms with van der Waals surface area (Å²) in [6.45, 7) is 3.25. The van der Waals surface area contributed by atoms with Gasteiger partial charge < -0.3 is 15.2 Å². The Morgan fingerprint density at radius 2 is 2.21 bits per heavy atom. The highest BCUT2D eigenvalue weighted by Gasteiger charge is 2.21. The predicted molar refractivity (Wildman–Crippen MR) is 72.8 cm³/mol. The van der Waals surface area contributed by atoms with Crippen molar-refractivity contribution in [2.45, 2.75) is 25.8 Å². The Bertz CT molecular complexity index is 585. The van der Waals surface area contributed by atoms with E-state index in [0.29, 0.717) is 6.04 Å². The molecule has 0 aromatic carbocycles. The highest BCUT2D eigenvalue weighted by atomic mass is 16.2. The molecule has 1 amide bonds. The van der Waals surface area contributed by atoms with E-state index >= 15 is 0 Å². The lowest BCUT2D eigenvalue weighted by atomic mass is 10.0. The summed E-state index contributed by atoms with van der Waals surface area (Å²) in [6, 6.07) is 2.34. The number of fused-ring (bicyclic) bond motifs is 1. The summed E-state index contributed by atoms with van der Waals surface area (Å²) in [4.78, 5) is 24.7. The molecule has 0 spiro atoms. The lowest BCUT2D eigenvalue weighted by Crippen LogP contribution is -2.41. The van der Waals surface area contributed by atoms with Crippen LogP contribution in [0.4, 0.5) is 5.82 Å². The first-order chi connectivity index (χ1) is 9.24. The van der Waals surface area contributed by atoms with Gasteiger partial charge in [0.1, 0.15) is 17.8 Å². The molecule has 1 fully saturated rings. The maximum Gasteiger partial charge on any atom is 0.219 e. The highest BCUT2D eigenvalue weighted by Crippen LogP contribution is 2.21. The van der Waals surface area contributed by atoms with Crippen molar-refractivity contribution in [3.05, 3.63) is 18.6 Å². The van der Waals surface area contributed by atoms with Crippen molar-refractivity contribution < 1.29 is 4.79 Å². The van der Waals surface area contributed by atoms with E-state index in [1.807, 2.05) is 17.2 Å². The zero-order valence-electron chi connectivity index (χ0n) is 10.9. The van der Waals surface area contributed by atoms with E-state index in [-0.39, 0.29) is 5.91 Å². The molecule has 3 heterocycles. The largest absolute Gasteiger partial charge is 0.367 e. The molecule has 3 rings (SSSR count). The van der Waals surface area contributed by atoms with Crippen molar-refractivity contribution in [2.75, 3.05) is 18.4 Å². The van der Waals surface area contributed by atoms with Gasteiger partial charge in [-0.25, -0.2) is 9.97 Å². The molecule has 1 aliphatic rings. The second-order valence-corrected chi connectivity index (χ2v) is 4.89. The molecule has 2 aromatic heterocycles. The topological polar surface area (TPSA) is 73.9 Å². The molecule has 0 unspecified atom stereocenters. The first-order valence-corrected chi connectivity index (χ1v) is 6.54. The van der Waals surface area contributed by atoms with Crippen LogP contribution in [0.25, 0.3) is 11.0 Å². The van der Waals surface area contributed by atoms with Gasteiger partial charge in [0.25, 0.3) is 0 Å². The standard InChI is InChI=1S/C13H17N5O/c1-9(19)18-6-3-10(4-7-18)17-13-11-2-5-14-12(11)15-8-16-13/h2,5,8,10H,3-4,6-7H2,1H3,(H2,14,15,16,17). The van der Waals surface area contributed by atoms with Crippen molar-refractivity contribution >= 4 is 22.8 Å². The Balaban J connectivity index is 1.69. The molecular formula is C13H17N5O. The summed E-state index contributed by atoms with van der Waals surface area (Å²) in [5.41, 5.74) is 0.846. The Morgan fingerprint density at radius 1 is 1.42 bits per heavy atom. The van der Waals surface area contributed by atoms with E-state index in [2.05, 4.69) is 20.3 Å². The van der Waals surface area contributed by atoms with Crippen LogP contribution in [-0.4, -0.2) is 44.9 Å². The Morgan fingerprint density at radius 3 is 2.95 bits per heavy atom. The number of hydrogen-bond donors (Lipinski definition) is 2. The molecule has 2 aromatic rings. The molecule has 6 nitrogen and oxygen atoms in total. The molecule has 1 aliphatic heterocycles. The third kappa shape index (κ3) is 2.38. The zero-order valence-corrected chi connectivity index (χ0v) is 10.9. The summed E-state index contributed by atoms with van der Waals surface area (Å²) in [7, 11) is 0. The number of piperidine rings is 1. The van der Waals surface area contributed by atoms with Crippen LogP contribution in [0.5, 0.6) is 0 Å². The third-order valence-corrected chi connectivity index (χ3v) is 3.64. The second kappa shape index (κ2) is 4.87. The van der Waals surface area contributed by atoms with Crippen LogP contribution in [0.15, 0.2) is 18.6 Å². The fourth-order valence-electron chi connectivity index (χ4n) is 2.52. The van der Waals surface area contributed by atoms with Crippen molar-refractivity contribution in [2.24, 2.45) is 0 Å². The molecule has 0 bridgehead atoms. The maximum absolute atomic E-state index is 11.3. The number of aromatic amines is 1. The summed E-state index contributed by atoms with van der Waals surface area (Å²) >= 11 is 0. The smallest absolute Gasteiger partial charge is 0.219 e. The molecule has 0 radical (unpaired) electrons. The van der Waals surface area contributed by atoms with Gasteiger partial charge in [-0.05, 0) is 18.9 Å². The number of hydrogen-bond acceptors (Lipinski definition) is 4. The van der Waals surface area contributed by atoms with Crippen molar-refractivity contribution in [1.29, 1.82) is 0 Å². The molecule has 0 atom stereocenters. The minimum atomic E-state index is 0.161. The van der Waals surface area contributed by atoms with Crippen LogP contribution in [0, 0.1) is 0 Å². The van der Waals surface area contributed by atoms with Gasteiger partial charge in [-0.1, -0.05) is 0 Å². The van der Waals surface area contributed by atoms with Gasteiger partial charge in [-0.3, -0.25) is 4.79 Å². The zero-order chi connectivity index (χ0) is 13.2. The average molecular weight is 259 g/mol. The van der Waals surface area contributed by atoms with Crippen LogP contribution in [-0.2, 0) is 4.79 Å². The van der Waals surface area contributed by atoms with Crippen LogP contribution in [0.3, 0.4) is 0 Å². The number of carbonyl (C=O) groups is 1. The van der Waals surface area contributed by atoms with Crippen molar-refractivity contribution in [3.63, 3.8) is 0 Å². The Kier molecular flexibility index (Phi) is 3.06. The first-order valence-electron chi connectivity index (χ1n) is 6.54. The Labute approximate surface area is 111 Å². The summed E-state index contributed by atoms with van der Waals surface area (Å²) in [6.07, 6.45) is 5.33. The van der Waals surface area contributed by atoms with E-state index < -0.39 is 0 Å². The fraction of sp³-hybridized carbons (Fsp3) is 0.462. The molecular weight excluding hydrogens is 242 g/mol. The van der Waals surface area contributed by atoms with Crippen LogP contribution in [0.1, 0.15) is 19.8 Å². The van der Waals surface area contributed by atoms with Crippen molar-refractivity contribution in [1.82, 2.24) is 19.9 Å². The molecule has 0 aliphatic carbocycles. The predicted octanol–water partition coefficient (Wildman–Crippen LogP) is 1.38. The van der Waals surface area contributed by atoms with Gasteiger partial charge in [-0.15, -0.1) is 0 Å². The van der Waals surface area contributed by atoms with E-state index in [4.69, 9.17) is 0 Å². The van der Waals surface area contributed by atoms with E-state index in [1.54, 1.807) is 13.3 Å². The molecule has 100 valence electrons. The molecule has 2 N–H and O–H groups in total. The number of nitrogens with zero attached hydrogens (tertiary/aromatic N) is 3. The average Bonchev–Trinajstić information content (AvgIpc) is 2.89. The van der Waals surface area contributed by atoms with E-state index in [9.17, 15) is 4.79 Å². The van der Waals surface area contributed by atoms with Crippen molar-refractivity contribution in [3.8, 4) is 0 Å². The number of H-pyrrole nitrogens is 1. The number of rotatable bonds is 2. The van der Waals surface area contributed by atoms with Gasteiger partial charge in [-0.2, -0.15) is 0 Å². The Hall–Kier alpha value is -2.11. The number of anilines is 1. The van der Waals surface area contributed by atoms with Gasteiger partial charge in [0, 0.05) is 32.3 Å². The number of carbonyl (C=O) groups excluding carboxylic acids is 1. The number of likely N-dealkylation sites (tertiary alicyclic amines) is 1. The normalized spacial score (nSPS) is 16.8. The van der Waals surface area contributed by atoms with Gasteiger partial charge in [0.2, 0.25) is 5.91 Å². The first kappa shape index (κ1) is 12.0. The molecule has 19 heavy (non-hydrogen) atoms. The van der Waals surface area contributed by atoms with Crippen LogP contribution in [0.2, 0.25) is 0 Å². The molecule has 0 saturated carbocycles. The molecule has 1 saturated heterocycles. The third-order valence-electron chi connectivity index (χ3n) is 3.64. The summed E-state index contributed by atoms with van der Waals surface area (Å²) in [5, 5.41) is 4.47.